The number of H-pyrrole nitrogens is 1. The lowest BCUT2D eigenvalue weighted by atomic mass is 10.1. The van der Waals surface area contributed by atoms with Gasteiger partial charge < -0.3 is 14.8 Å². The molecule has 1 unspecified atom stereocenters. The zero-order valence-corrected chi connectivity index (χ0v) is 19.6. The molecule has 2 aromatic carbocycles. The van der Waals surface area contributed by atoms with Crippen molar-refractivity contribution in [1.82, 2.24) is 29.6 Å². The van der Waals surface area contributed by atoms with Crippen LogP contribution in [0.15, 0.2) is 73.2 Å². The van der Waals surface area contributed by atoms with Crippen molar-refractivity contribution in [2.45, 2.75) is 12.6 Å². The highest BCUT2D eigenvalue weighted by atomic mass is 19.1. The number of aromatic amines is 1. The van der Waals surface area contributed by atoms with Crippen LogP contribution in [0.4, 0.5) is 15.9 Å². The molecule has 1 atom stereocenters. The SMILES string of the molecule is Cn1c(C(=O)N2CCC(F)C2)cc2ccc(-c3nccc(Nc4ccc(-c5cn[nH]c5)cc4)n3)cc21. The van der Waals surface area contributed by atoms with Crippen molar-refractivity contribution in [3.05, 3.63) is 78.9 Å². The van der Waals surface area contributed by atoms with Gasteiger partial charge in [-0.2, -0.15) is 5.10 Å². The van der Waals surface area contributed by atoms with Gasteiger partial charge in [-0.25, -0.2) is 14.4 Å². The molecule has 3 aromatic heterocycles. The Morgan fingerprint density at radius 1 is 1.08 bits per heavy atom. The average Bonchev–Trinajstić information content (AvgIpc) is 3.65. The Hall–Kier alpha value is -4.53. The van der Waals surface area contributed by atoms with E-state index in [9.17, 15) is 9.18 Å². The Kier molecular flexibility index (Phi) is 5.44. The van der Waals surface area contributed by atoms with Gasteiger partial charge >= 0.3 is 0 Å². The Bertz CT molecular complexity index is 1540. The number of likely N-dealkylation sites (tertiary alicyclic amines) is 1. The zero-order valence-electron chi connectivity index (χ0n) is 19.6. The molecule has 1 aliphatic rings. The first-order chi connectivity index (χ1) is 17.5. The van der Waals surface area contributed by atoms with Crippen LogP contribution in [0.3, 0.4) is 0 Å². The molecule has 8 nitrogen and oxygen atoms in total. The van der Waals surface area contributed by atoms with Crippen molar-refractivity contribution in [3.8, 4) is 22.5 Å². The molecule has 1 aliphatic heterocycles. The molecule has 180 valence electrons. The number of aryl methyl sites for hydroxylation is 1. The van der Waals surface area contributed by atoms with E-state index in [4.69, 9.17) is 4.98 Å². The third-order valence-corrected chi connectivity index (χ3v) is 6.59. The molecule has 1 saturated heterocycles. The smallest absolute Gasteiger partial charge is 0.270 e. The Balaban J connectivity index is 1.25. The maximum atomic E-state index is 13.6. The summed E-state index contributed by atoms with van der Waals surface area (Å²) in [7, 11) is 1.86. The number of amides is 1. The van der Waals surface area contributed by atoms with E-state index in [1.165, 1.54) is 0 Å². The number of rotatable bonds is 5. The largest absolute Gasteiger partial charge is 0.340 e. The normalized spacial score (nSPS) is 15.5. The van der Waals surface area contributed by atoms with Crippen LogP contribution in [-0.2, 0) is 7.05 Å². The molecule has 0 aliphatic carbocycles. The van der Waals surface area contributed by atoms with Crippen LogP contribution in [0.5, 0.6) is 0 Å². The molecule has 2 N–H and O–H groups in total. The molecule has 36 heavy (non-hydrogen) atoms. The second-order valence-corrected chi connectivity index (χ2v) is 8.95. The number of fused-ring (bicyclic) bond motifs is 1. The highest BCUT2D eigenvalue weighted by Crippen LogP contribution is 2.27. The first kappa shape index (κ1) is 22.0. The Morgan fingerprint density at radius 3 is 2.67 bits per heavy atom. The fourth-order valence-electron chi connectivity index (χ4n) is 4.61. The van der Waals surface area contributed by atoms with E-state index in [1.807, 2.05) is 72.4 Å². The van der Waals surface area contributed by atoms with Crippen molar-refractivity contribution in [2.24, 2.45) is 7.05 Å². The van der Waals surface area contributed by atoms with E-state index in [0.717, 1.165) is 33.3 Å². The van der Waals surface area contributed by atoms with Crippen LogP contribution in [0.1, 0.15) is 16.9 Å². The number of aromatic nitrogens is 5. The van der Waals surface area contributed by atoms with Crippen molar-refractivity contribution in [3.63, 3.8) is 0 Å². The molecular formula is C27H24FN7O. The zero-order chi connectivity index (χ0) is 24.6. The number of nitrogens with zero attached hydrogens (tertiary/aromatic N) is 5. The van der Waals surface area contributed by atoms with E-state index < -0.39 is 6.17 Å². The minimum Gasteiger partial charge on any atom is -0.340 e. The number of nitrogens with one attached hydrogen (secondary N) is 2. The topological polar surface area (TPSA) is 91.7 Å². The second-order valence-electron chi connectivity index (χ2n) is 8.95. The van der Waals surface area contributed by atoms with Crippen LogP contribution >= 0.6 is 0 Å². The molecule has 9 heteroatoms. The van der Waals surface area contributed by atoms with Gasteiger partial charge in [0.1, 0.15) is 17.7 Å². The van der Waals surface area contributed by atoms with E-state index in [1.54, 1.807) is 17.3 Å². The maximum absolute atomic E-state index is 13.6. The number of alkyl halides is 1. The van der Waals surface area contributed by atoms with Gasteiger partial charge in [-0.1, -0.05) is 24.3 Å². The molecule has 6 rings (SSSR count). The van der Waals surface area contributed by atoms with Gasteiger partial charge in [-0.3, -0.25) is 9.89 Å². The number of carbonyl (C=O) groups excluding carboxylic acids is 1. The van der Waals surface area contributed by atoms with E-state index in [2.05, 4.69) is 20.5 Å². The van der Waals surface area contributed by atoms with Crippen LogP contribution in [0, 0.1) is 0 Å². The number of carbonyl (C=O) groups is 1. The summed E-state index contributed by atoms with van der Waals surface area (Å²) in [5.41, 5.74) is 5.28. The molecule has 0 bridgehead atoms. The number of halogens is 1. The first-order valence-corrected chi connectivity index (χ1v) is 11.8. The maximum Gasteiger partial charge on any atom is 0.270 e. The van der Waals surface area contributed by atoms with E-state index >= 15 is 0 Å². The van der Waals surface area contributed by atoms with Gasteiger partial charge in [0.25, 0.3) is 5.91 Å². The second kappa shape index (κ2) is 8.92. The third kappa shape index (κ3) is 4.08. The summed E-state index contributed by atoms with van der Waals surface area (Å²) in [5, 5.41) is 11.1. The van der Waals surface area contributed by atoms with E-state index in [0.29, 0.717) is 30.3 Å². The summed E-state index contributed by atoms with van der Waals surface area (Å²) < 4.78 is 15.5. The number of benzene rings is 2. The predicted molar refractivity (Wildman–Crippen MR) is 137 cm³/mol. The van der Waals surface area contributed by atoms with Crippen LogP contribution in [0.2, 0.25) is 0 Å². The van der Waals surface area contributed by atoms with Gasteiger partial charge in [-0.05, 0) is 42.3 Å². The quantitative estimate of drug-likeness (QED) is 0.371. The fraction of sp³-hybridized carbons (Fsp3) is 0.185. The summed E-state index contributed by atoms with van der Waals surface area (Å²) in [4.78, 5) is 23.7. The van der Waals surface area contributed by atoms with Crippen molar-refractivity contribution < 1.29 is 9.18 Å². The summed E-state index contributed by atoms with van der Waals surface area (Å²) in [6, 6.07) is 17.6. The first-order valence-electron chi connectivity index (χ1n) is 11.8. The molecule has 5 aromatic rings. The molecule has 1 amide bonds. The van der Waals surface area contributed by atoms with Crippen LogP contribution in [0.25, 0.3) is 33.4 Å². The van der Waals surface area contributed by atoms with Gasteiger partial charge in [-0.15, -0.1) is 0 Å². The van der Waals surface area contributed by atoms with Gasteiger partial charge in [0.05, 0.1) is 12.7 Å². The number of hydrogen-bond acceptors (Lipinski definition) is 5. The van der Waals surface area contributed by atoms with Crippen LogP contribution in [-0.4, -0.2) is 54.8 Å². The lowest BCUT2D eigenvalue weighted by Crippen LogP contribution is -2.30. The standard InChI is InChI=1S/C27H24FN7O/c1-34-23-13-19(3-2-18(23)12-24(34)27(36)35-11-9-21(28)16-35)26-29-10-8-25(33-26)32-22-6-4-17(5-7-22)20-14-30-31-15-20/h2-8,10,12-15,21H,9,11,16H2,1H3,(H,30,31)(H,29,32,33). The van der Waals surface area contributed by atoms with Gasteiger partial charge in [0, 0.05) is 53.7 Å². The highest BCUT2D eigenvalue weighted by Gasteiger charge is 2.28. The Labute approximate surface area is 206 Å². The third-order valence-electron chi connectivity index (χ3n) is 6.59. The number of anilines is 2. The molecule has 0 radical (unpaired) electrons. The minimum atomic E-state index is -0.942. The average molecular weight is 482 g/mol. The molecule has 0 spiro atoms. The van der Waals surface area contributed by atoms with E-state index in [-0.39, 0.29) is 12.5 Å². The molecular weight excluding hydrogens is 457 g/mol. The monoisotopic (exact) mass is 481 g/mol. The van der Waals surface area contributed by atoms with Crippen molar-refractivity contribution in [2.75, 3.05) is 18.4 Å². The molecule has 0 saturated carbocycles. The van der Waals surface area contributed by atoms with Crippen LogP contribution < -0.4 is 5.32 Å². The molecule has 1 fully saturated rings. The van der Waals surface area contributed by atoms with Crippen molar-refractivity contribution in [1.29, 1.82) is 0 Å². The minimum absolute atomic E-state index is 0.142. The van der Waals surface area contributed by atoms with Crippen molar-refractivity contribution >= 4 is 28.3 Å². The van der Waals surface area contributed by atoms with Gasteiger partial charge in [0.2, 0.25) is 0 Å². The lowest BCUT2D eigenvalue weighted by Gasteiger charge is -2.15. The predicted octanol–water partition coefficient (Wildman–Crippen LogP) is 4.95. The summed E-state index contributed by atoms with van der Waals surface area (Å²) in [5.74, 6) is 1.11. The highest BCUT2D eigenvalue weighted by molar-refractivity contribution is 5.99. The number of hydrogen-bond donors (Lipinski definition) is 2. The fourth-order valence-corrected chi connectivity index (χ4v) is 4.61. The summed E-state index contributed by atoms with van der Waals surface area (Å²) in [6.07, 6.45) is 4.81. The summed E-state index contributed by atoms with van der Waals surface area (Å²) in [6.45, 7) is 0.609. The molecule has 4 heterocycles. The Morgan fingerprint density at radius 2 is 1.92 bits per heavy atom. The lowest BCUT2D eigenvalue weighted by molar-refractivity contribution is 0.0774. The van der Waals surface area contributed by atoms with Gasteiger partial charge in [0.15, 0.2) is 5.82 Å². The summed E-state index contributed by atoms with van der Waals surface area (Å²) >= 11 is 0.